The largest absolute Gasteiger partial charge is 0.322 e. The third kappa shape index (κ3) is 4.63. The summed E-state index contributed by atoms with van der Waals surface area (Å²) in [5.41, 5.74) is 1.64. The van der Waals surface area contributed by atoms with Crippen molar-refractivity contribution >= 4 is 50.5 Å². The lowest BCUT2D eigenvalue weighted by Gasteiger charge is -2.22. The van der Waals surface area contributed by atoms with Gasteiger partial charge in [-0.15, -0.1) is 0 Å². The topological polar surface area (TPSA) is 66.5 Å². The quantitative estimate of drug-likeness (QED) is 0.851. The molecule has 24 heavy (non-hydrogen) atoms. The first-order valence-corrected chi connectivity index (χ1v) is 9.57. The molecule has 8 heteroatoms. The molecule has 0 spiro atoms. The van der Waals surface area contributed by atoms with Crippen LogP contribution in [0.15, 0.2) is 42.5 Å². The van der Waals surface area contributed by atoms with Crippen LogP contribution in [-0.2, 0) is 14.8 Å². The number of carbonyl (C=O) groups excluding carboxylic acids is 1. The normalized spacial score (nSPS) is 11.2. The zero-order chi connectivity index (χ0) is 17.9. The summed E-state index contributed by atoms with van der Waals surface area (Å²) in [4.78, 5) is 12.3. The van der Waals surface area contributed by atoms with E-state index in [9.17, 15) is 13.2 Å². The van der Waals surface area contributed by atoms with Gasteiger partial charge in [-0.25, -0.2) is 8.42 Å². The van der Waals surface area contributed by atoms with Gasteiger partial charge >= 0.3 is 0 Å². The van der Waals surface area contributed by atoms with Crippen LogP contribution in [0.5, 0.6) is 0 Å². The Hall–Kier alpha value is -1.76. The van der Waals surface area contributed by atoms with E-state index < -0.39 is 15.9 Å². The van der Waals surface area contributed by atoms with Gasteiger partial charge in [0.05, 0.1) is 27.7 Å². The van der Waals surface area contributed by atoms with Gasteiger partial charge in [-0.2, -0.15) is 0 Å². The van der Waals surface area contributed by atoms with Crippen molar-refractivity contribution in [2.24, 2.45) is 0 Å². The van der Waals surface area contributed by atoms with Crippen LogP contribution in [0.25, 0.3) is 0 Å². The van der Waals surface area contributed by atoms with Crippen LogP contribution in [-0.4, -0.2) is 27.1 Å². The van der Waals surface area contributed by atoms with Gasteiger partial charge in [-0.1, -0.05) is 47.0 Å². The predicted octanol–water partition coefficient (Wildman–Crippen LogP) is 3.71. The molecule has 0 radical (unpaired) electrons. The third-order valence-corrected chi connectivity index (χ3v) is 5.01. The first-order valence-electron chi connectivity index (χ1n) is 6.97. The number of nitrogens with zero attached hydrogens (tertiary/aromatic N) is 1. The van der Waals surface area contributed by atoms with E-state index in [0.717, 1.165) is 16.1 Å². The third-order valence-electron chi connectivity index (χ3n) is 3.24. The molecule has 0 saturated heterocycles. The van der Waals surface area contributed by atoms with Crippen molar-refractivity contribution in [2.45, 2.75) is 6.92 Å². The average Bonchev–Trinajstić information content (AvgIpc) is 2.49. The Bertz CT molecular complexity index is 832. The van der Waals surface area contributed by atoms with E-state index in [1.54, 1.807) is 42.5 Å². The lowest BCUT2D eigenvalue weighted by molar-refractivity contribution is -0.114. The fraction of sp³-hybridized carbons (Fsp3) is 0.188. The minimum atomic E-state index is -3.63. The maximum atomic E-state index is 12.3. The summed E-state index contributed by atoms with van der Waals surface area (Å²) in [7, 11) is -3.63. The standard InChI is InChI=1S/C16H16Cl2N2O3S/c1-11-6-8-12(9-7-11)20(24(2,22)23)10-15(21)19-16-13(17)4-3-5-14(16)18/h3-9H,10H2,1-2H3,(H,19,21). The number of carbonyl (C=O) groups is 1. The molecular formula is C16H16Cl2N2O3S. The molecule has 1 amide bonds. The number of hydrogen-bond donors (Lipinski definition) is 1. The van der Waals surface area contributed by atoms with Crippen molar-refractivity contribution < 1.29 is 13.2 Å². The number of amides is 1. The van der Waals surface area contributed by atoms with E-state index in [0.29, 0.717) is 5.69 Å². The highest BCUT2D eigenvalue weighted by Gasteiger charge is 2.21. The van der Waals surface area contributed by atoms with Gasteiger partial charge in [0.15, 0.2) is 0 Å². The molecule has 0 saturated carbocycles. The van der Waals surface area contributed by atoms with E-state index in [1.807, 2.05) is 6.92 Å². The average molecular weight is 387 g/mol. The Morgan fingerprint density at radius 2 is 1.62 bits per heavy atom. The van der Waals surface area contributed by atoms with E-state index in [-0.39, 0.29) is 22.3 Å². The number of benzene rings is 2. The molecule has 0 heterocycles. The summed E-state index contributed by atoms with van der Waals surface area (Å²) in [6, 6.07) is 11.6. The van der Waals surface area contributed by atoms with Gasteiger partial charge in [0.2, 0.25) is 15.9 Å². The van der Waals surface area contributed by atoms with Crippen molar-refractivity contribution in [3.05, 3.63) is 58.1 Å². The van der Waals surface area contributed by atoms with Crippen LogP contribution < -0.4 is 9.62 Å². The monoisotopic (exact) mass is 386 g/mol. The molecule has 0 bridgehead atoms. The number of aryl methyl sites for hydroxylation is 1. The highest BCUT2D eigenvalue weighted by Crippen LogP contribution is 2.30. The van der Waals surface area contributed by atoms with Crippen molar-refractivity contribution in [3.8, 4) is 0 Å². The van der Waals surface area contributed by atoms with Crippen LogP contribution in [0.4, 0.5) is 11.4 Å². The Kier molecular flexibility index (Phi) is 5.74. The minimum Gasteiger partial charge on any atom is -0.322 e. The lowest BCUT2D eigenvalue weighted by Crippen LogP contribution is -2.37. The Labute approximate surface area is 151 Å². The number of halogens is 2. The van der Waals surface area contributed by atoms with Crippen molar-refractivity contribution in [3.63, 3.8) is 0 Å². The second-order valence-electron chi connectivity index (χ2n) is 5.25. The highest BCUT2D eigenvalue weighted by atomic mass is 35.5. The van der Waals surface area contributed by atoms with Crippen molar-refractivity contribution in [2.75, 3.05) is 22.4 Å². The number of hydrogen-bond acceptors (Lipinski definition) is 3. The zero-order valence-corrected chi connectivity index (χ0v) is 15.4. The molecule has 128 valence electrons. The summed E-state index contributed by atoms with van der Waals surface area (Å²) in [6.45, 7) is 1.50. The molecule has 2 aromatic rings. The molecule has 5 nitrogen and oxygen atoms in total. The molecule has 0 atom stereocenters. The van der Waals surface area contributed by atoms with Gasteiger partial charge in [-0.3, -0.25) is 9.10 Å². The van der Waals surface area contributed by atoms with E-state index in [1.165, 1.54) is 0 Å². The molecule has 0 fully saturated rings. The summed E-state index contributed by atoms with van der Waals surface area (Å²) in [5, 5.41) is 3.10. The summed E-state index contributed by atoms with van der Waals surface area (Å²) < 4.78 is 25.1. The molecule has 0 aliphatic carbocycles. The first kappa shape index (κ1) is 18.6. The zero-order valence-electron chi connectivity index (χ0n) is 13.1. The highest BCUT2D eigenvalue weighted by molar-refractivity contribution is 7.92. The first-order chi connectivity index (χ1) is 11.2. The molecule has 2 rings (SSSR count). The summed E-state index contributed by atoms with van der Waals surface area (Å²) in [5.74, 6) is -0.545. The molecule has 0 aromatic heterocycles. The van der Waals surface area contributed by atoms with Crippen LogP contribution in [0.3, 0.4) is 0 Å². The van der Waals surface area contributed by atoms with E-state index in [2.05, 4.69) is 5.32 Å². The molecule has 0 aliphatic rings. The molecule has 0 aliphatic heterocycles. The van der Waals surface area contributed by atoms with Gasteiger partial charge < -0.3 is 5.32 Å². The molecule has 1 N–H and O–H groups in total. The summed E-state index contributed by atoms with van der Waals surface area (Å²) >= 11 is 12.0. The van der Waals surface area contributed by atoms with Gasteiger partial charge in [0, 0.05) is 0 Å². The maximum Gasteiger partial charge on any atom is 0.245 e. The van der Waals surface area contributed by atoms with Crippen LogP contribution in [0, 0.1) is 6.92 Å². The van der Waals surface area contributed by atoms with Crippen LogP contribution in [0.1, 0.15) is 5.56 Å². The minimum absolute atomic E-state index is 0.253. The van der Waals surface area contributed by atoms with E-state index >= 15 is 0 Å². The van der Waals surface area contributed by atoms with Crippen LogP contribution in [0.2, 0.25) is 10.0 Å². The molecule has 0 unspecified atom stereocenters. The second-order valence-corrected chi connectivity index (χ2v) is 7.97. The fourth-order valence-corrected chi connectivity index (χ4v) is 3.39. The number of nitrogens with one attached hydrogen (secondary N) is 1. The van der Waals surface area contributed by atoms with Gasteiger partial charge in [-0.05, 0) is 31.2 Å². The predicted molar refractivity (Wildman–Crippen MR) is 98.5 cm³/mol. The Morgan fingerprint density at radius 1 is 1.08 bits per heavy atom. The lowest BCUT2D eigenvalue weighted by atomic mass is 10.2. The second kappa shape index (κ2) is 7.42. The molecular weight excluding hydrogens is 371 g/mol. The Morgan fingerprint density at radius 3 is 2.12 bits per heavy atom. The fourth-order valence-electron chi connectivity index (χ4n) is 2.04. The number of para-hydroxylation sites is 1. The Balaban J connectivity index is 2.24. The number of sulfonamides is 1. The molecule has 2 aromatic carbocycles. The smallest absolute Gasteiger partial charge is 0.245 e. The SMILES string of the molecule is Cc1ccc(N(CC(=O)Nc2c(Cl)cccc2Cl)S(C)(=O)=O)cc1. The van der Waals surface area contributed by atoms with Crippen molar-refractivity contribution in [1.82, 2.24) is 0 Å². The number of anilines is 2. The van der Waals surface area contributed by atoms with Gasteiger partial charge in [0.25, 0.3) is 0 Å². The maximum absolute atomic E-state index is 12.3. The van der Waals surface area contributed by atoms with Crippen LogP contribution >= 0.6 is 23.2 Å². The number of rotatable bonds is 5. The summed E-state index contributed by atoms with van der Waals surface area (Å²) in [6.07, 6.45) is 1.04. The van der Waals surface area contributed by atoms with E-state index in [4.69, 9.17) is 23.2 Å². The van der Waals surface area contributed by atoms with Gasteiger partial charge in [0.1, 0.15) is 6.54 Å². The van der Waals surface area contributed by atoms with Crippen molar-refractivity contribution in [1.29, 1.82) is 0 Å².